The number of esters is 1. The van der Waals surface area contributed by atoms with E-state index < -0.39 is 5.97 Å². The van der Waals surface area contributed by atoms with E-state index in [9.17, 15) is 4.79 Å². The summed E-state index contributed by atoms with van der Waals surface area (Å²) in [6.45, 7) is 5.10. The lowest BCUT2D eigenvalue weighted by atomic mass is 10.2. The molecule has 148 valence electrons. The van der Waals surface area contributed by atoms with Crippen molar-refractivity contribution in [3.63, 3.8) is 0 Å². The molecule has 1 aromatic carbocycles. The molecule has 0 aliphatic carbocycles. The number of halogens is 1. The second-order valence-electron chi connectivity index (χ2n) is 5.72. The fourth-order valence-electron chi connectivity index (χ4n) is 2.35. The Hall–Kier alpha value is -1.68. The smallest absolute Gasteiger partial charge is 0.341 e. The summed E-state index contributed by atoms with van der Waals surface area (Å²) in [6.07, 6.45) is 0. The third-order valence-corrected chi connectivity index (χ3v) is 4.78. The number of rotatable bonds is 7. The first-order chi connectivity index (χ1) is 12.5. The molecule has 0 fully saturated rings. The summed E-state index contributed by atoms with van der Waals surface area (Å²) < 4.78 is 10.3. The maximum Gasteiger partial charge on any atom is 0.341 e. The molecule has 2 aromatic rings. The highest BCUT2D eigenvalue weighted by Crippen LogP contribution is 2.21. The fraction of sp³-hybridized carbons (Fsp3) is 0.368. The quantitative estimate of drug-likeness (QED) is 0.197. The van der Waals surface area contributed by atoms with Crippen molar-refractivity contribution >= 4 is 47.7 Å². The van der Waals surface area contributed by atoms with Crippen molar-refractivity contribution in [3.05, 3.63) is 53.5 Å². The van der Waals surface area contributed by atoms with Crippen LogP contribution in [-0.2, 0) is 11.3 Å². The van der Waals surface area contributed by atoms with Crippen LogP contribution >= 0.6 is 35.7 Å². The number of thioether (sulfide) groups is 1. The van der Waals surface area contributed by atoms with Gasteiger partial charge in [0.25, 0.3) is 0 Å². The van der Waals surface area contributed by atoms with E-state index >= 15 is 0 Å². The van der Waals surface area contributed by atoms with Crippen LogP contribution in [0, 0.1) is 6.92 Å². The standard InChI is InChI=1S/C19H25N3O3S.HI/c1-13(26-16-8-6-5-7-9-16)11-21-19(20-3)22-12-15-10-17(14(2)25-15)18(23)24-4;/h5-10,13H,11-12H2,1-4H3,(H2,20,21,22);1H. The minimum absolute atomic E-state index is 0. The van der Waals surface area contributed by atoms with Gasteiger partial charge < -0.3 is 19.8 Å². The van der Waals surface area contributed by atoms with Gasteiger partial charge in [-0.15, -0.1) is 35.7 Å². The fourth-order valence-corrected chi connectivity index (χ4v) is 3.29. The number of methoxy groups -OCH3 is 1. The number of aliphatic imine (C=N–C) groups is 1. The van der Waals surface area contributed by atoms with Gasteiger partial charge in [0.1, 0.15) is 17.1 Å². The van der Waals surface area contributed by atoms with Crippen LogP contribution in [0.2, 0.25) is 0 Å². The van der Waals surface area contributed by atoms with Gasteiger partial charge in [0.05, 0.1) is 13.7 Å². The number of carbonyl (C=O) groups excluding carboxylic acids is 1. The number of hydrogen-bond donors (Lipinski definition) is 2. The van der Waals surface area contributed by atoms with Crippen LogP contribution in [0.3, 0.4) is 0 Å². The normalized spacial score (nSPS) is 12.1. The summed E-state index contributed by atoms with van der Waals surface area (Å²) in [5.74, 6) is 1.48. The Labute approximate surface area is 181 Å². The summed E-state index contributed by atoms with van der Waals surface area (Å²) in [4.78, 5) is 17.1. The molecule has 0 bridgehead atoms. The molecule has 0 aliphatic heterocycles. The summed E-state index contributed by atoms with van der Waals surface area (Å²) >= 11 is 1.81. The molecule has 0 saturated carbocycles. The maximum absolute atomic E-state index is 11.6. The summed E-state index contributed by atoms with van der Waals surface area (Å²) in [6, 6.07) is 12.0. The summed E-state index contributed by atoms with van der Waals surface area (Å²) in [5.41, 5.74) is 0.445. The molecule has 1 aromatic heterocycles. The average Bonchev–Trinajstić information content (AvgIpc) is 3.02. The first-order valence-corrected chi connectivity index (χ1v) is 9.25. The van der Waals surface area contributed by atoms with Gasteiger partial charge in [0.15, 0.2) is 5.96 Å². The van der Waals surface area contributed by atoms with Gasteiger partial charge in [-0.3, -0.25) is 4.99 Å². The van der Waals surface area contributed by atoms with Gasteiger partial charge in [0, 0.05) is 23.7 Å². The van der Waals surface area contributed by atoms with E-state index in [1.807, 2.05) is 18.2 Å². The molecule has 1 atom stereocenters. The van der Waals surface area contributed by atoms with E-state index in [1.54, 1.807) is 31.8 Å². The van der Waals surface area contributed by atoms with Crippen LogP contribution in [0.1, 0.15) is 28.8 Å². The van der Waals surface area contributed by atoms with Crippen molar-refractivity contribution in [2.75, 3.05) is 20.7 Å². The number of ether oxygens (including phenoxy) is 1. The van der Waals surface area contributed by atoms with E-state index in [0.717, 1.165) is 6.54 Å². The zero-order chi connectivity index (χ0) is 18.9. The van der Waals surface area contributed by atoms with E-state index in [1.165, 1.54) is 12.0 Å². The van der Waals surface area contributed by atoms with E-state index in [4.69, 9.17) is 9.15 Å². The predicted octanol–water partition coefficient (Wildman–Crippen LogP) is 3.84. The molecule has 1 unspecified atom stereocenters. The largest absolute Gasteiger partial charge is 0.465 e. The van der Waals surface area contributed by atoms with Crippen LogP contribution in [0.5, 0.6) is 0 Å². The zero-order valence-corrected chi connectivity index (χ0v) is 19.1. The van der Waals surface area contributed by atoms with Crippen molar-refractivity contribution in [2.24, 2.45) is 4.99 Å². The van der Waals surface area contributed by atoms with Crippen molar-refractivity contribution in [2.45, 2.75) is 30.5 Å². The highest BCUT2D eigenvalue weighted by atomic mass is 127. The number of aryl methyl sites for hydroxylation is 1. The lowest BCUT2D eigenvalue weighted by molar-refractivity contribution is 0.0599. The van der Waals surface area contributed by atoms with Gasteiger partial charge in [-0.2, -0.15) is 0 Å². The number of nitrogens with one attached hydrogen (secondary N) is 2. The molecule has 0 radical (unpaired) electrons. The monoisotopic (exact) mass is 503 g/mol. The Kier molecular flexibility index (Phi) is 10.3. The van der Waals surface area contributed by atoms with Gasteiger partial charge in [-0.1, -0.05) is 25.1 Å². The second-order valence-corrected chi connectivity index (χ2v) is 7.23. The Bertz CT molecular complexity index is 750. The highest BCUT2D eigenvalue weighted by Gasteiger charge is 2.15. The van der Waals surface area contributed by atoms with Crippen LogP contribution in [0.4, 0.5) is 0 Å². The second kappa shape index (κ2) is 11.9. The minimum Gasteiger partial charge on any atom is -0.465 e. The molecule has 0 saturated heterocycles. The molecule has 0 amide bonds. The van der Waals surface area contributed by atoms with Gasteiger partial charge in [-0.05, 0) is 25.1 Å². The molecule has 0 spiro atoms. The van der Waals surface area contributed by atoms with Crippen LogP contribution in [0.15, 0.2) is 50.7 Å². The van der Waals surface area contributed by atoms with Gasteiger partial charge >= 0.3 is 5.97 Å². The van der Waals surface area contributed by atoms with Crippen LogP contribution < -0.4 is 10.6 Å². The Morgan fingerprint density at radius 3 is 2.63 bits per heavy atom. The summed E-state index contributed by atoms with van der Waals surface area (Å²) in [7, 11) is 3.07. The van der Waals surface area contributed by atoms with E-state index in [2.05, 4.69) is 34.7 Å². The van der Waals surface area contributed by atoms with Gasteiger partial charge in [-0.25, -0.2) is 4.79 Å². The average molecular weight is 503 g/mol. The van der Waals surface area contributed by atoms with Crippen molar-refractivity contribution in [1.29, 1.82) is 0 Å². The predicted molar refractivity (Wildman–Crippen MR) is 120 cm³/mol. The number of guanidine groups is 1. The first-order valence-electron chi connectivity index (χ1n) is 8.37. The number of benzene rings is 1. The van der Waals surface area contributed by atoms with Crippen LogP contribution in [0.25, 0.3) is 0 Å². The molecule has 6 nitrogen and oxygen atoms in total. The zero-order valence-electron chi connectivity index (χ0n) is 15.9. The maximum atomic E-state index is 11.6. The SMILES string of the molecule is CN=C(NCc1cc(C(=O)OC)c(C)o1)NCC(C)Sc1ccccc1.I. The van der Waals surface area contributed by atoms with Crippen molar-refractivity contribution in [1.82, 2.24) is 10.6 Å². The molecule has 0 aliphatic rings. The topological polar surface area (TPSA) is 75.9 Å². The summed E-state index contributed by atoms with van der Waals surface area (Å²) in [5, 5.41) is 6.87. The molecule has 1 heterocycles. The van der Waals surface area contributed by atoms with Crippen molar-refractivity contribution < 1.29 is 13.9 Å². The number of hydrogen-bond acceptors (Lipinski definition) is 5. The molecular weight excluding hydrogens is 477 g/mol. The van der Waals surface area contributed by atoms with Crippen LogP contribution in [-0.4, -0.2) is 37.9 Å². The number of carbonyl (C=O) groups is 1. The highest BCUT2D eigenvalue weighted by molar-refractivity contribution is 14.0. The van der Waals surface area contributed by atoms with Crippen molar-refractivity contribution in [3.8, 4) is 0 Å². The number of furan rings is 1. The number of nitrogens with zero attached hydrogens (tertiary/aromatic N) is 1. The lowest BCUT2D eigenvalue weighted by Crippen LogP contribution is -2.39. The molecular formula is C19H26IN3O3S. The molecule has 2 rings (SSSR count). The molecule has 8 heteroatoms. The Morgan fingerprint density at radius 2 is 2.00 bits per heavy atom. The van der Waals surface area contributed by atoms with Gasteiger partial charge in [0.2, 0.25) is 0 Å². The first kappa shape index (κ1) is 23.4. The Morgan fingerprint density at radius 1 is 1.30 bits per heavy atom. The molecule has 27 heavy (non-hydrogen) atoms. The van der Waals surface area contributed by atoms with E-state index in [0.29, 0.717) is 34.8 Å². The third-order valence-electron chi connectivity index (χ3n) is 3.67. The minimum atomic E-state index is -0.397. The lowest BCUT2D eigenvalue weighted by Gasteiger charge is -2.15. The third kappa shape index (κ3) is 7.45. The van der Waals surface area contributed by atoms with E-state index in [-0.39, 0.29) is 24.0 Å². The molecule has 2 N–H and O–H groups in total. The Balaban J connectivity index is 0.00000364.